The van der Waals surface area contributed by atoms with E-state index in [9.17, 15) is 4.79 Å². The van der Waals surface area contributed by atoms with Crippen molar-refractivity contribution in [3.05, 3.63) is 30.1 Å². The third-order valence-corrected chi connectivity index (χ3v) is 2.92. The summed E-state index contributed by atoms with van der Waals surface area (Å²) in [7, 11) is 1.75. The number of hydrazine groups is 1. The van der Waals surface area contributed by atoms with Gasteiger partial charge < -0.3 is 0 Å². The normalized spacial score (nSPS) is 10.9. The van der Waals surface area contributed by atoms with Gasteiger partial charge in [-0.3, -0.25) is 15.2 Å². The quantitative estimate of drug-likeness (QED) is 0.705. The van der Waals surface area contributed by atoms with Crippen molar-refractivity contribution in [2.24, 2.45) is 0 Å². The molecule has 7 heteroatoms. The molecule has 0 saturated heterocycles. The standard InChI is InChI=1S/C13H14N6O/c1-8-14-13-15-12(18(3)17-9(2)20)10-6-4-5-7-11(10)19(13)16-8/h4-7H,1-3H3,(H,17,20). The first-order chi connectivity index (χ1) is 9.56. The molecule has 3 aromatic rings. The van der Waals surface area contributed by atoms with Gasteiger partial charge in [0.05, 0.1) is 5.52 Å². The molecular formula is C13H14N6O. The highest BCUT2D eigenvalue weighted by Crippen LogP contribution is 2.23. The summed E-state index contributed by atoms with van der Waals surface area (Å²) < 4.78 is 1.70. The first-order valence-corrected chi connectivity index (χ1v) is 6.19. The van der Waals surface area contributed by atoms with Crippen molar-refractivity contribution in [2.45, 2.75) is 13.8 Å². The number of benzene rings is 1. The lowest BCUT2D eigenvalue weighted by Gasteiger charge is -2.19. The highest BCUT2D eigenvalue weighted by Gasteiger charge is 2.14. The number of hydrogen-bond donors (Lipinski definition) is 1. The van der Waals surface area contributed by atoms with Gasteiger partial charge in [0.15, 0.2) is 5.82 Å². The first-order valence-electron chi connectivity index (χ1n) is 6.19. The molecule has 20 heavy (non-hydrogen) atoms. The largest absolute Gasteiger partial charge is 0.274 e. The summed E-state index contributed by atoms with van der Waals surface area (Å²) in [4.78, 5) is 20.0. The van der Waals surface area contributed by atoms with Gasteiger partial charge in [-0.25, -0.2) is 0 Å². The summed E-state index contributed by atoms with van der Waals surface area (Å²) in [6.07, 6.45) is 0. The topological polar surface area (TPSA) is 75.4 Å². The Morgan fingerprint density at radius 3 is 2.80 bits per heavy atom. The Morgan fingerprint density at radius 2 is 2.05 bits per heavy atom. The van der Waals surface area contributed by atoms with Crippen molar-refractivity contribution in [3.8, 4) is 0 Å². The number of carbonyl (C=O) groups is 1. The summed E-state index contributed by atoms with van der Waals surface area (Å²) in [5.41, 5.74) is 3.59. The van der Waals surface area contributed by atoms with Crippen LogP contribution in [0.15, 0.2) is 24.3 Å². The highest BCUT2D eigenvalue weighted by molar-refractivity contribution is 5.92. The van der Waals surface area contributed by atoms with Crippen LogP contribution >= 0.6 is 0 Å². The number of fused-ring (bicyclic) bond motifs is 3. The second-order valence-corrected chi connectivity index (χ2v) is 4.55. The average molecular weight is 270 g/mol. The monoisotopic (exact) mass is 270 g/mol. The number of anilines is 1. The van der Waals surface area contributed by atoms with Gasteiger partial charge in [-0.15, -0.1) is 5.10 Å². The molecule has 2 aromatic heterocycles. The number of aromatic nitrogens is 4. The van der Waals surface area contributed by atoms with Crippen LogP contribution in [0.5, 0.6) is 0 Å². The van der Waals surface area contributed by atoms with Crippen molar-refractivity contribution in [3.63, 3.8) is 0 Å². The molecule has 3 rings (SSSR count). The Labute approximate surface area is 115 Å². The fourth-order valence-corrected chi connectivity index (χ4v) is 2.19. The molecular weight excluding hydrogens is 256 g/mol. The van der Waals surface area contributed by atoms with E-state index in [1.165, 1.54) is 6.92 Å². The third-order valence-electron chi connectivity index (χ3n) is 2.92. The number of aryl methyl sites for hydroxylation is 1. The smallest absolute Gasteiger partial charge is 0.255 e. The molecule has 1 aromatic carbocycles. The summed E-state index contributed by atoms with van der Waals surface area (Å²) in [6, 6.07) is 7.74. The zero-order chi connectivity index (χ0) is 14.3. The third kappa shape index (κ3) is 1.93. The van der Waals surface area contributed by atoms with Crippen LogP contribution in [0.1, 0.15) is 12.7 Å². The summed E-state index contributed by atoms with van der Waals surface area (Å²) in [6.45, 7) is 3.28. The molecule has 0 saturated carbocycles. The fourth-order valence-electron chi connectivity index (χ4n) is 2.19. The van der Waals surface area contributed by atoms with Gasteiger partial charge in [0.25, 0.3) is 5.78 Å². The summed E-state index contributed by atoms with van der Waals surface area (Å²) in [5.74, 6) is 1.64. The molecule has 0 bridgehead atoms. The number of carbonyl (C=O) groups excluding carboxylic acids is 1. The lowest BCUT2D eigenvalue weighted by atomic mass is 10.2. The van der Waals surface area contributed by atoms with Crippen molar-refractivity contribution in [1.29, 1.82) is 0 Å². The maximum absolute atomic E-state index is 11.2. The molecule has 2 heterocycles. The SMILES string of the molecule is CC(=O)NN(C)c1nc2nc(C)nn2c2ccccc12. The zero-order valence-corrected chi connectivity index (χ0v) is 11.5. The lowest BCUT2D eigenvalue weighted by molar-refractivity contribution is -0.119. The van der Waals surface area contributed by atoms with E-state index < -0.39 is 0 Å². The van der Waals surface area contributed by atoms with Crippen LogP contribution in [-0.2, 0) is 4.79 Å². The van der Waals surface area contributed by atoms with E-state index in [0.29, 0.717) is 17.4 Å². The maximum Gasteiger partial charge on any atom is 0.255 e. The van der Waals surface area contributed by atoms with Gasteiger partial charge in [0.1, 0.15) is 5.82 Å². The van der Waals surface area contributed by atoms with Gasteiger partial charge in [-0.1, -0.05) is 12.1 Å². The summed E-state index contributed by atoms with van der Waals surface area (Å²) >= 11 is 0. The van der Waals surface area contributed by atoms with Crippen molar-refractivity contribution in [2.75, 3.05) is 12.1 Å². The average Bonchev–Trinajstić information content (AvgIpc) is 2.77. The zero-order valence-electron chi connectivity index (χ0n) is 11.5. The van der Waals surface area contributed by atoms with Crippen LogP contribution in [0.4, 0.5) is 5.82 Å². The van der Waals surface area contributed by atoms with E-state index in [1.807, 2.05) is 31.2 Å². The molecule has 0 radical (unpaired) electrons. The number of nitrogens with one attached hydrogen (secondary N) is 1. The number of amides is 1. The minimum Gasteiger partial charge on any atom is -0.274 e. The van der Waals surface area contributed by atoms with E-state index in [-0.39, 0.29) is 5.91 Å². The highest BCUT2D eigenvalue weighted by atomic mass is 16.2. The lowest BCUT2D eigenvalue weighted by Crippen LogP contribution is -2.38. The molecule has 0 unspecified atom stereocenters. The molecule has 0 aliphatic rings. The van der Waals surface area contributed by atoms with Crippen LogP contribution in [-0.4, -0.2) is 32.5 Å². The fraction of sp³-hybridized carbons (Fsp3) is 0.231. The Balaban J connectivity index is 2.31. The minimum absolute atomic E-state index is 0.157. The Bertz CT molecular complexity index is 809. The molecule has 0 aliphatic carbocycles. The van der Waals surface area contributed by atoms with E-state index in [2.05, 4.69) is 20.5 Å². The van der Waals surface area contributed by atoms with Gasteiger partial charge >= 0.3 is 0 Å². The van der Waals surface area contributed by atoms with Crippen molar-refractivity contribution >= 4 is 28.4 Å². The van der Waals surface area contributed by atoms with Gasteiger partial charge in [-0.05, 0) is 19.1 Å². The van der Waals surface area contributed by atoms with Crippen molar-refractivity contribution in [1.82, 2.24) is 25.0 Å². The number of rotatable bonds is 2. The number of nitrogens with zero attached hydrogens (tertiary/aromatic N) is 5. The Morgan fingerprint density at radius 1 is 1.30 bits per heavy atom. The predicted molar refractivity (Wildman–Crippen MR) is 75.2 cm³/mol. The molecule has 0 spiro atoms. The summed E-state index contributed by atoms with van der Waals surface area (Å²) in [5, 5.41) is 6.82. The predicted octanol–water partition coefficient (Wildman–Crippen LogP) is 1.07. The van der Waals surface area contributed by atoms with Crippen molar-refractivity contribution < 1.29 is 4.79 Å². The number of hydrogen-bond acceptors (Lipinski definition) is 5. The second-order valence-electron chi connectivity index (χ2n) is 4.55. The maximum atomic E-state index is 11.2. The molecule has 0 aliphatic heterocycles. The van der Waals surface area contributed by atoms with E-state index in [1.54, 1.807) is 16.6 Å². The Hall–Kier alpha value is -2.70. The number of para-hydroxylation sites is 1. The van der Waals surface area contributed by atoms with Gasteiger partial charge in [0.2, 0.25) is 5.91 Å². The molecule has 0 fully saturated rings. The van der Waals surface area contributed by atoms with Crippen LogP contribution in [0.2, 0.25) is 0 Å². The van der Waals surface area contributed by atoms with E-state index >= 15 is 0 Å². The molecule has 7 nitrogen and oxygen atoms in total. The van der Waals surface area contributed by atoms with E-state index in [4.69, 9.17) is 0 Å². The minimum atomic E-state index is -0.157. The van der Waals surface area contributed by atoms with Crippen LogP contribution in [0, 0.1) is 6.92 Å². The van der Waals surface area contributed by atoms with Gasteiger partial charge in [-0.2, -0.15) is 14.5 Å². The van der Waals surface area contributed by atoms with Gasteiger partial charge in [0, 0.05) is 19.4 Å². The second kappa shape index (κ2) is 4.44. The Kier molecular flexibility index (Phi) is 2.74. The van der Waals surface area contributed by atoms with Crippen LogP contribution in [0.3, 0.4) is 0 Å². The molecule has 102 valence electrons. The molecule has 1 amide bonds. The first kappa shape index (κ1) is 12.3. The molecule has 0 atom stereocenters. The van der Waals surface area contributed by atoms with Crippen LogP contribution < -0.4 is 10.4 Å². The molecule has 1 N–H and O–H groups in total. The van der Waals surface area contributed by atoms with E-state index in [0.717, 1.165) is 10.9 Å². The van der Waals surface area contributed by atoms with Crippen LogP contribution in [0.25, 0.3) is 16.7 Å².